The van der Waals surface area contributed by atoms with Crippen LogP contribution in [0.1, 0.15) is 28.9 Å². The summed E-state index contributed by atoms with van der Waals surface area (Å²) in [4.78, 5) is 28.8. The van der Waals surface area contributed by atoms with Crippen LogP contribution >= 0.6 is 11.3 Å². The molecule has 112 valence electrons. The number of aromatic hydroxyl groups is 1. The minimum atomic E-state index is -0.646. The normalized spacial score (nSPS) is 12.2. The summed E-state index contributed by atoms with van der Waals surface area (Å²) in [5.74, 6) is -1.20. The number of aromatic nitrogens is 2. The number of fused-ring (bicyclic) bond motifs is 1. The Morgan fingerprint density at radius 1 is 1.36 bits per heavy atom. The highest BCUT2D eigenvalue weighted by molar-refractivity contribution is 7.15. The highest BCUT2D eigenvalue weighted by atomic mass is 32.1. The molecule has 0 aliphatic heterocycles. The monoisotopic (exact) mass is 315 g/mol. The van der Waals surface area contributed by atoms with Crippen LogP contribution in [0.15, 0.2) is 46.7 Å². The van der Waals surface area contributed by atoms with E-state index in [1.54, 1.807) is 12.3 Å². The molecular weight excluding hydrogens is 302 g/mol. The first kappa shape index (κ1) is 14.3. The van der Waals surface area contributed by atoms with Gasteiger partial charge < -0.3 is 10.4 Å². The minimum Gasteiger partial charge on any atom is -0.492 e. The van der Waals surface area contributed by atoms with Gasteiger partial charge in [0.2, 0.25) is 5.88 Å². The zero-order valence-electron chi connectivity index (χ0n) is 11.7. The van der Waals surface area contributed by atoms with Crippen molar-refractivity contribution < 1.29 is 9.90 Å². The van der Waals surface area contributed by atoms with E-state index in [0.717, 1.165) is 5.56 Å². The minimum absolute atomic E-state index is 0.296. The maximum absolute atomic E-state index is 12.3. The van der Waals surface area contributed by atoms with E-state index >= 15 is 0 Å². The summed E-state index contributed by atoms with van der Waals surface area (Å²) < 4.78 is 1.24. The van der Waals surface area contributed by atoms with E-state index < -0.39 is 17.3 Å². The molecule has 0 spiro atoms. The predicted molar refractivity (Wildman–Crippen MR) is 83.3 cm³/mol. The van der Waals surface area contributed by atoms with Gasteiger partial charge in [0.05, 0.1) is 6.04 Å². The first-order chi connectivity index (χ1) is 10.6. The SMILES string of the molecule is C[C@H](NC(=O)c1c(O)nc2sccn2c1=O)c1ccccc1. The molecule has 0 saturated heterocycles. The second-order valence-corrected chi connectivity index (χ2v) is 5.65. The molecular formula is C15H13N3O3S. The van der Waals surface area contributed by atoms with E-state index in [2.05, 4.69) is 10.3 Å². The summed E-state index contributed by atoms with van der Waals surface area (Å²) >= 11 is 1.21. The molecule has 6 nitrogen and oxygen atoms in total. The number of thiazole rings is 1. The lowest BCUT2D eigenvalue weighted by molar-refractivity contribution is 0.0934. The molecule has 1 aromatic carbocycles. The first-order valence-electron chi connectivity index (χ1n) is 6.62. The van der Waals surface area contributed by atoms with Gasteiger partial charge in [-0.3, -0.25) is 14.0 Å². The summed E-state index contributed by atoms with van der Waals surface area (Å²) in [7, 11) is 0. The first-order valence-corrected chi connectivity index (χ1v) is 7.50. The van der Waals surface area contributed by atoms with Crippen LogP contribution in [0.3, 0.4) is 0 Å². The van der Waals surface area contributed by atoms with E-state index in [9.17, 15) is 14.7 Å². The third kappa shape index (κ3) is 2.46. The molecule has 7 heteroatoms. The van der Waals surface area contributed by atoms with Crippen molar-refractivity contribution in [2.45, 2.75) is 13.0 Å². The average molecular weight is 315 g/mol. The lowest BCUT2D eigenvalue weighted by Gasteiger charge is -2.14. The van der Waals surface area contributed by atoms with Gasteiger partial charge in [-0.25, -0.2) is 0 Å². The number of carbonyl (C=O) groups excluding carboxylic acids is 1. The number of rotatable bonds is 3. The fraction of sp³-hybridized carbons (Fsp3) is 0.133. The molecule has 0 aliphatic rings. The number of amides is 1. The molecule has 22 heavy (non-hydrogen) atoms. The third-order valence-electron chi connectivity index (χ3n) is 3.32. The standard InChI is InChI=1S/C15H13N3O3S/c1-9(10-5-3-2-4-6-10)16-12(19)11-13(20)17-15-18(14(11)21)7-8-22-15/h2-9,20H,1H3,(H,16,19)/t9-/m0/s1. The lowest BCUT2D eigenvalue weighted by Crippen LogP contribution is -2.33. The van der Waals surface area contributed by atoms with Crippen LogP contribution in [-0.4, -0.2) is 20.4 Å². The van der Waals surface area contributed by atoms with Crippen LogP contribution in [0.4, 0.5) is 0 Å². The van der Waals surface area contributed by atoms with Crippen LogP contribution in [0.5, 0.6) is 5.88 Å². The topological polar surface area (TPSA) is 83.7 Å². The Bertz CT molecular complexity index is 886. The highest BCUT2D eigenvalue weighted by Crippen LogP contribution is 2.17. The summed E-state index contributed by atoms with van der Waals surface area (Å²) in [5.41, 5.74) is -0.0276. The molecule has 0 unspecified atom stereocenters. The molecule has 1 amide bonds. The van der Waals surface area contributed by atoms with E-state index in [1.807, 2.05) is 30.3 Å². The summed E-state index contributed by atoms with van der Waals surface area (Å²) in [5, 5.41) is 14.2. The second-order valence-electron chi connectivity index (χ2n) is 4.78. The Kier molecular flexibility index (Phi) is 3.64. The van der Waals surface area contributed by atoms with Crippen LogP contribution in [-0.2, 0) is 0 Å². The van der Waals surface area contributed by atoms with Crippen molar-refractivity contribution >= 4 is 22.2 Å². The number of benzene rings is 1. The predicted octanol–water partition coefficient (Wildman–Crippen LogP) is 1.95. The Morgan fingerprint density at radius 2 is 2.09 bits per heavy atom. The van der Waals surface area contributed by atoms with E-state index in [1.165, 1.54) is 21.9 Å². The molecule has 0 fully saturated rings. The van der Waals surface area contributed by atoms with Crippen molar-refractivity contribution in [3.63, 3.8) is 0 Å². The number of carbonyl (C=O) groups is 1. The van der Waals surface area contributed by atoms with Gasteiger partial charge in [-0.05, 0) is 12.5 Å². The number of nitrogens with zero attached hydrogens (tertiary/aromatic N) is 2. The van der Waals surface area contributed by atoms with Gasteiger partial charge in [-0.1, -0.05) is 30.3 Å². The second kappa shape index (κ2) is 5.61. The molecule has 2 heterocycles. The van der Waals surface area contributed by atoms with Crippen LogP contribution < -0.4 is 10.9 Å². The molecule has 2 aromatic heterocycles. The number of hydrogen-bond acceptors (Lipinski definition) is 5. The van der Waals surface area contributed by atoms with Crippen LogP contribution in [0.2, 0.25) is 0 Å². The lowest BCUT2D eigenvalue weighted by atomic mass is 10.1. The van der Waals surface area contributed by atoms with Crippen molar-refractivity contribution in [1.82, 2.24) is 14.7 Å². The van der Waals surface area contributed by atoms with E-state index in [0.29, 0.717) is 4.96 Å². The van der Waals surface area contributed by atoms with Gasteiger partial charge in [0, 0.05) is 11.6 Å². The Balaban J connectivity index is 1.94. The smallest absolute Gasteiger partial charge is 0.275 e. The van der Waals surface area contributed by atoms with Gasteiger partial charge in [0.15, 0.2) is 10.5 Å². The van der Waals surface area contributed by atoms with Crippen molar-refractivity contribution in [1.29, 1.82) is 0 Å². The fourth-order valence-electron chi connectivity index (χ4n) is 2.16. The number of nitrogens with one attached hydrogen (secondary N) is 1. The zero-order valence-corrected chi connectivity index (χ0v) is 12.5. The zero-order chi connectivity index (χ0) is 15.7. The van der Waals surface area contributed by atoms with Gasteiger partial charge in [-0.2, -0.15) is 4.98 Å². The van der Waals surface area contributed by atoms with Crippen LogP contribution in [0.25, 0.3) is 4.96 Å². The van der Waals surface area contributed by atoms with E-state index in [4.69, 9.17) is 0 Å². The van der Waals surface area contributed by atoms with Crippen molar-refractivity contribution in [2.24, 2.45) is 0 Å². The Morgan fingerprint density at radius 3 is 2.82 bits per heavy atom. The average Bonchev–Trinajstić information content (AvgIpc) is 2.96. The maximum atomic E-state index is 12.3. The number of hydrogen-bond donors (Lipinski definition) is 2. The summed E-state index contributed by atoms with van der Waals surface area (Å²) in [6.07, 6.45) is 1.52. The van der Waals surface area contributed by atoms with Gasteiger partial charge in [-0.15, -0.1) is 11.3 Å². The van der Waals surface area contributed by atoms with Crippen LogP contribution in [0, 0.1) is 0 Å². The summed E-state index contributed by atoms with van der Waals surface area (Å²) in [6.45, 7) is 1.80. The molecule has 2 N–H and O–H groups in total. The molecule has 0 bridgehead atoms. The van der Waals surface area contributed by atoms with Crippen molar-refractivity contribution in [2.75, 3.05) is 0 Å². The Hall–Kier alpha value is -2.67. The molecule has 0 radical (unpaired) electrons. The van der Waals surface area contributed by atoms with Crippen molar-refractivity contribution in [3.05, 3.63) is 63.4 Å². The molecule has 3 rings (SSSR count). The fourth-order valence-corrected chi connectivity index (χ4v) is 2.86. The van der Waals surface area contributed by atoms with Crippen molar-refractivity contribution in [3.8, 4) is 5.88 Å². The van der Waals surface area contributed by atoms with E-state index in [-0.39, 0.29) is 11.6 Å². The largest absolute Gasteiger partial charge is 0.492 e. The third-order valence-corrected chi connectivity index (χ3v) is 4.08. The molecule has 1 atom stereocenters. The quantitative estimate of drug-likeness (QED) is 0.774. The molecule has 3 aromatic rings. The van der Waals surface area contributed by atoms with Gasteiger partial charge in [0.1, 0.15) is 0 Å². The molecule has 0 aliphatic carbocycles. The maximum Gasteiger partial charge on any atom is 0.275 e. The van der Waals surface area contributed by atoms with Gasteiger partial charge >= 0.3 is 0 Å². The highest BCUT2D eigenvalue weighted by Gasteiger charge is 2.21. The molecule has 0 saturated carbocycles. The Labute approximate surface area is 129 Å². The summed E-state index contributed by atoms with van der Waals surface area (Å²) in [6, 6.07) is 9.06. The van der Waals surface area contributed by atoms with Gasteiger partial charge in [0.25, 0.3) is 11.5 Å².